The van der Waals surface area contributed by atoms with Gasteiger partial charge >= 0.3 is 29.8 Å². The molecule has 0 aromatic carbocycles. The van der Waals surface area contributed by atoms with Crippen LogP contribution in [-0.2, 0) is 42.9 Å². The number of ether oxygens (including phenoxy) is 4. The van der Waals surface area contributed by atoms with Crippen molar-refractivity contribution in [2.45, 2.75) is 59.8 Å². The Morgan fingerprint density at radius 1 is 0.425 bits per heavy atom. The summed E-state index contributed by atoms with van der Waals surface area (Å²) in [4.78, 5) is 64.8. The molecule has 0 atom stereocenters. The number of carboxylic acids is 1. The van der Waals surface area contributed by atoms with Gasteiger partial charge in [0.25, 0.3) is 0 Å². The van der Waals surface area contributed by atoms with Gasteiger partial charge in [-0.1, -0.05) is 0 Å². The van der Waals surface area contributed by atoms with Crippen LogP contribution < -0.4 is 0 Å². The molecule has 0 aliphatic rings. The Morgan fingerprint density at radius 3 is 0.875 bits per heavy atom. The van der Waals surface area contributed by atoms with E-state index in [9.17, 15) is 29.1 Å². The highest BCUT2D eigenvalue weighted by molar-refractivity contribution is 5.71. The first kappa shape index (κ1) is 37.2. The summed E-state index contributed by atoms with van der Waals surface area (Å²) in [5.74, 6) is -2.24. The van der Waals surface area contributed by atoms with Crippen molar-refractivity contribution in [3.63, 3.8) is 0 Å². The van der Waals surface area contributed by atoms with Gasteiger partial charge in [0.15, 0.2) is 0 Å². The minimum Gasteiger partial charge on any atom is -0.481 e. The molecule has 0 radical (unpaired) electrons. The summed E-state index contributed by atoms with van der Waals surface area (Å²) in [5.41, 5.74) is 0. The zero-order chi connectivity index (χ0) is 30.2. The summed E-state index contributed by atoms with van der Waals surface area (Å²) in [7, 11) is 0. The Labute approximate surface area is 238 Å². The summed E-state index contributed by atoms with van der Waals surface area (Å²) >= 11 is 0. The molecule has 0 aliphatic carbocycles. The molecule has 0 aliphatic heterocycles. The van der Waals surface area contributed by atoms with Crippen LogP contribution in [0.3, 0.4) is 0 Å². The molecule has 0 bridgehead atoms. The number of carbonyl (C=O) groups is 5. The monoisotopic (exact) mass is 575 g/mol. The highest BCUT2D eigenvalue weighted by Crippen LogP contribution is 2.04. The predicted octanol–water partition coefficient (Wildman–Crippen LogP) is 1.18. The molecule has 13 heteroatoms. The van der Waals surface area contributed by atoms with E-state index in [2.05, 4.69) is 0 Å². The van der Waals surface area contributed by atoms with Gasteiger partial charge in [-0.05, 0) is 27.7 Å². The molecule has 0 spiro atoms. The Bertz CT molecular complexity index is 654. The summed E-state index contributed by atoms with van der Waals surface area (Å²) < 4.78 is 20.1. The summed E-state index contributed by atoms with van der Waals surface area (Å²) in [6.45, 7) is 11.9. The largest absolute Gasteiger partial charge is 0.481 e. The van der Waals surface area contributed by atoms with Crippen LogP contribution >= 0.6 is 0 Å². The van der Waals surface area contributed by atoms with Crippen LogP contribution in [0.25, 0.3) is 0 Å². The van der Waals surface area contributed by atoms with E-state index in [0.717, 1.165) is 0 Å². The third-order valence-corrected chi connectivity index (χ3v) is 5.86. The van der Waals surface area contributed by atoms with Crippen molar-refractivity contribution in [1.82, 2.24) is 14.7 Å². The lowest BCUT2D eigenvalue weighted by atomic mass is 10.3. The number of carbonyl (C=O) groups excluding carboxylic acids is 4. The normalized spacial score (nSPS) is 11.1. The molecule has 0 heterocycles. The van der Waals surface area contributed by atoms with Crippen LogP contribution in [0.5, 0.6) is 0 Å². The number of rotatable bonds is 25. The Hall–Kier alpha value is -2.77. The van der Waals surface area contributed by atoms with Crippen LogP contribution in [0, 0.1) is 0 Å². The molecule has 13 nitrogen and oxygen atoms in total. The fourth-order valence-corrected chi connectivity index (χ4v) is 3.76. The molecule has 0 unspecified atom stereocenters. The summed E-state index contributed by atoms with van der Waals surface area (Å²) in [6, 6.07) is 0. The lowest BCUT2D eigenvalue weighted by molar-refractivity contribution is -0.145. The predicted molar refractivity (Wildman–Crippen MR) is 147 cm³/mol. The molecule has 0 aromatic heterocycles. The van der Waals surface area contributed by atoms with Gasteiger partial charge in [0.05, 0.1) is 58.5 Å². The maximum atomic E-state index is 11.9. The maximum absolute atomic E-state index is 11.9. The lowest BCUT2D eigenvalue weighted by Crippen LogP contribution is -2.42. The number of esters is 4. The smallest absolute Gasteiger partial charge is 0.307 e. The molecule has 1 N–H and O–H groups in total. The highest BCUT2D eigenvalue weighted by Gasteiger charge is 2.17. The first-order valence-corrected chi connectivity index (χ1v) is 14.2. The standard InChI is InChI=1S/C27H49N3O10/c1-5-37-24(33)10-15-28(16-11-25(34)38-6-2)19-21-30(14-9-23(31)32)22-20-29(17-12-26(35)39-7-3)18-13-27(36)40-8-4/h5-22H2,1-4H3,(H,31,32). The van der Waals surface area contributed by atoms with Gasteiger partial charge in [-0.25, -0.2) is 0 Å². The second-order valence-electron chi connectivity index (χ2n) is 8.89. The first-order chi connectivity index (χ1) is 19.1. The average Bonchev–Trinajstić information content (AvgIpc) is 2.90. The summed E-state index contributed by atoms with van der Waals surface area (Å²) in [5, 5.41) is 9.25. The Morgan fingerprint density at radius 2 is 0.650 bits per heavy atom. The zero-order valence-corrected chi connectivity index (χ0v) is 24.7. The van der Waals surface area contributed by atoms with E-state index in [1.165, 1.54) is 0 Å². The van der Waals surface area contributed by atoms with E-state index < -0.39 is 5.97 Å². The Balaban J connectivity index is 5.28. The quantitative estimate of drug-likeness (QED) is 0.123. The van der Waals surface area contributed by atoms with Gasteiger partial charge in [-0.2, -0.15) is 0 Å². The van der Waals surface area contributed by atoms with Crippen molar-refractivity contribution in [2.24, 2.45) is 0 Å². The molecule has 0 amide bonds. The number of nitrogens with zero attached hydrogens (tertiary/aromatic N) is 3. The molecule has 40 heavy (non-hydrogen) atoms. The van der Waals surface area contributed by atoms with Gasteiger partial charge in [0, 0.05) is 58.9 Å². The van der Waals surface area contributed by atoms with Crippen molar-refractivity contribution < 1.29 is 48.0 Å². The molecule has 232 valence electrons. The molecule has 0 saturated carbocycles. The molecule has 0 saturated heterocycles. The van der Waals surface area contributed by atoms with E-state index in [0.29, 0.717) is 58.9 Å². The highest BCUT2D eigenvalue weighted by atomic mass is 16.5. The van der Waals surface area contributed by atoms with Gasteiger partial charge in [-0.3, -0.25) is 24.0 Å². The fourth-order valence-electron chi connectivity index (χ4n) is 3.76. The van der Waals surface area contributed by atoms with Crippen molar-refractivity contribution in [1.29, 1.82) is 0 Å². The number of carboxylic acid groups (broad SMARTS) is 1. The molecular formula is C27H49N3O10. The van der Waals surface area contributed by atoms with E-state index in [-0.39, 0.29) is 82.4 Å². The van der Waals surface area contributed by atoms with E-state index in [4.69, 9.17) is 18.9 Å². The second-order valence-corrected chi connectivity index (χ2v) is 8.89. The third kappa shape index (κ3) is 21.1. The van der Waals surface area contributed by atoms with Crippen LogP contribution in [0.1, 0.15) is 59.8 Å². The third-order valence-electron chi connectivity index (χ3n) is 5.86. The van der Waals surface area contributed by atoms with Crippen molar-refractivity contribution >= 4 is 29.8 Å². The second kappa shape index (κ2) is 24.1. The molecule has 0 rings (SSSR count). The van der Waals surface area contributed by atoms with Crippen molar-refractivity contribution in [2.75, 3.05) is 85.3 Å². The first-order valence-electron chi connectivity index (χ1n) is 14.2. The van der Waals surface area contributed by atoms with Gasteiger partial charge in [0.1, 0.15) is 0 Å². The minimum absolute atomic E-state index is 0.0582. The lowest BCUT2D eigenvalue weighted by Gasteiger charge is -2.29. The van der Waals surface area contributed by atoms with Gasteiger partial charge in [-0.15, -0.1) is 0 Å². The molecule has 0 aromatic rings. The Kier molecular flexibility index (Phi) is 22.4. The number of hydrogen-bond acceptors (Lipinski definition) is 12. The van der Waals surface area contributed by atoms with Crippen molar-refractivity contribution in [3.05, 3.63) is 0 Å². The topological polar surface area (TPSA) is 152 Å². The number of hydrogen-bond donors (Lipinski definition) is 1. The van der Waals surface area contributed by atoms with Gasteiger partial charge < -0.3 is 38.8 Å². The van der Waals surface area contributed by atoms with Crippen LogP contribution in [0.15, 0.2) is 0 Å². The van der Waals surface area contributed by atoms with Crippen molar-refractivity contribution in [3.8, 4) is 0 Å². The van der Waals surface area contributed by atoms with Crippen LogP contribution in [0.4, 0.5) is 0 Å². The minimum atomic E-state index is -0.923. The zero-order valence-electron chi connectivity index (χ0n) is 24.7. The van der Waals surface area contributed by atoms with E-state index in [1.54, 1.807) is 27.7 Å². The van der Waals surface area contributed by atoms with Crippen LogP contribution in [-0.4, -0.2) is 135 Å². The van der Waals surface area contributed by atoms with Crippen LogP contribution in [0.2, 0.25) is 0 Å². The maximum Gasteiger partial charge on any atom is 0.307 e. The van der Waals surface area contributed by atoms with E-state index in [1.807, 2.05) is 14.7 Å². The van der Waals surface area contributed by atoms with Gasteiger partial charge in [0.2, 0.25) is 0 Å². The average molecular weight is 576 g/mol. The van der Waals surface area contributed by atoms with E-state index >= 15 is 0 Å². The SMILES string of the molecule is CCOC(=O)CCN(CCC(=O)OCC)CCN(CCC(=O)O)CCN(CCC(=O)OCC)CCC(=O)OCC. The molecular weight excluding hydrogens is 526 g/mol. The summed E-state index contributed by atoms with van der Waals surface area (Å²) in [6.07, 6.45) is 0.614. The number of aliphatic carboxylic acids is 1. The molecule has 0 fully saturated rings. The fraction of sp³-hybridized carbons (Fsp3) is 0.815.